The fourth-order valence-corrected chi connectivity index (χ4v) is 3.41. The molecule has 28 heavy (non-hydrogen) atoms. The highest BCUT2D eigenvalue weighted by molar-refractivity contribution is 6.34. The van der Waals surface area contributed by atoms with Crippen LogP contribution in [0.3, 0.4) is 0 Å². The molecular weight excluding hydrogens is 378 g/mol. The molecule has 7 heteroatoms. The Bertz CT molecular complexity index is 937. The molecule has 2 heterocycles. The summed E-state index contributed by atoms with van der Waals surface area (Å²) in [5, 5.41) is 9.46. The second kappa shape index (κ2) is 8.52. The molecule has 0 fully saturated rings. The van der Waals surface area contributed by atoms with Crippen LogP contribution in [-0.2, 0) is 11.2 Å². The molecule has 1 aliphatic rings. The number of phenolic OH excluding ortho intramolecular Hbond substituents is 1. The van der Waals surface area contributed by atoms with Gasteiger partial charge in [-0.15, -0.1) is 0 Å². The summed E-state index contributed by atoms with van der Waals surface area (Å²) in [6, 6.07) is 3.66. The third kappa shape index (κ3) is 4.22. The van der Waals surface area contributed by atoms with Gasteiger partial charge in [-0.1, -0.05) is 17.7 Å². The molecule has 0 atom stereocenters. The molecule has 2 aromatic rings. The maximum atomic E-state index is 11.5. The lowest BCUT2D eigenvalue weighted by Crippen LogP contribution is -2.18. The van der Waals surface area contributed by atoms with Crippen molar-refractivity contribution in [2.45, 2.75) is 41.0 Å². The Morgan fingerprint density at radius 3 is 2.32 bits per heavy atom. The van der Waals surface area contributed by atoms with Crippen molar-refractivity contribution in [3.8, 4) is 11.5 Å². The van der Waals surface area contributed by atoms with E-state index < -0.39 is 5.91 Å². The highest BCUT2D eigenvalue weighted by Crippen LogP contribution is 2.37. The number of rotatable bonds is 2. The fourth-order valence-electron chi connectivity index (χ4n) is 3.07. The first kappa shape index (κ1) is 21.6. The van der Waals surface area contributed by atoms with Gasteiger partial charge in [0.2, 0.25) is 0 Å². The fraction of sp³-hybridized carbons (Fsp3) is 0.333. The Morgan fingerprint density at radius 2 is 1.79 bits per heavy atom. The maximum absolute atomic E-state index is 11.5. The minimum absolute atomic E-state index is 0.198. The van der Waals surface area contributed by atoms with Gasteiger partial charge < -0.3 is 21.3 Å². The quantitative estimate of drug-likeness (QED) is 0.525. The molecule has 0 bridgehead atoms. The molecule has 1 aromatic carbocycles. The number of ether oxygens (including phenoxy) is 1. The summed E-state index contributed by atoms with van der Waals surface area (Å²) in [6.07, 6.45) is 0.716. The first-order chi connectivity index (χ1) is 13.1. The van der Waals surface area contributed by atoms with E-state index in [0.29, 0.717) is 35.8 Å². The number of phenols is 1. The van der Waals surface area contributed by atoms with E-state index in [1.807, 2.05) is 33.8 Å². The summed E-state index contributed by atoms with van der Waals surface area (Å²) in [4.78, 5) is 15.7. The Morgan fingerprint density at radius 1 is 1.14 bits per heavy atom. The van der Waals surface area contributed by atoms with Gasteiger partial charge >= 0.3 is 0 Å². The van der Waals surface area contributed by atoms with Crippen LogP contribution in [0.15, 0.2) is 17.8 Å². The minimum Gasteiger partial charge on any atom is -0.508 e. The largest absolute Gasteiger partial charge is 0.508 e. The van der Waals surface area contributed by atoms with Crippen LogP contribution in [0.5, 0.6) is 11.5 Å². The van der Waals surface area contributed by atoms with Crippen molar-refractivity contribution in [3.63, 3.8) is 0 Å². The summed E-state index contributed by atoms with van der Waals surface area (Å²) in [5.74, 6) is 0.442. The molecular formula is C21H26ClN3O3. The van der Waals surface area contributed by atoms with Crippen LogP contribution in [0.4, 0.5) is 0 Å². The van der Waals surface area contributed by atoms with Crippen LogP contribution in [0.1, 0.15) is 40.4 Å². The van der Waals surface area contributed by atoms with Gasteiger partial charge in [0, 0.05) is 23.2 Å². The molecule has 1 aliphatic heterocycles. The van der Waals surface area contributed by atoms with E-state index in [-0.39, 0.29) is 10.7 Å². The summed E-state index contributed by atoms with van der Waals surface area (Å²) >= 11 is 6.13. The average molecular weight is 404 g/mol. The van der Waals surface area contributed by atoms with E-state index in [0.717, 1.165) is 16.8 Å². The number of hydrogen-bond acceptors (Lipinski definition) is 5. The van der Waals surface area contributed by atoms with Gasteiger partial charge in [-0.25, -0.2) is 4.98 Å². The molecule has 0 saturated carbocycles. The molecule has 5 N–H and O–H groups in total. The maximum Gasteiger partial charge on any atom is 0.251 e. The normalized spacial score (nSPS) is 13.1. The SMILES string of the molecule is C/C(N)=C(/C(N)=O)c1c(Cl)nc2c(c1C)OCC2.Cc1ccc(O)c(C)c1C. The molecule has 0 saturated heterocycles. The van der Waals surface area contributed by atoms with Crippen molar-refractivity contribution in [2.75, 3.05) is 6.61 Å². The number of fused-ring (bicyclic) bond motifs is 1. The van der Waals surface area contributed by atoms with Gasteiger partial charge in [-0.2, -0.15) is 0 Å². The predicted octanol–water partition coefficient (Wildman–Crippen LogP) is 3.47. The van der Waals surface area contributed by atoms with Crippen molar-refractivity contribution < 1.29 is 14.6 Å². The zero-order valence-electron chi connectivity index (χ0n) is 16.8. The number of hydrogen-bond donors (Lipinski definition) is 3. The Labute approximate surface area is 170 Å². The smallest absolute Gasteiger partial charge is 0.251 e. The van der Waals surface area contributed by atoms with Gasteiger partial charge in [0.25, 0.3) is 5.91 Å². The number of halogens is 1. The van der Waals surface area contributed by atoms with E-state index in [1.54, 1.807) is 13.0 Å². The molecule has 150 valence electrons. The highest BCUT2D eigenvalue weighted by atomic mass is 35.5. The van der Waals surface area contributed by atoms with Crippen molar-refractivity contribution in [1.29, 1.82) is 0 Å². The topological polar surface area (TPSA) is 111 Å². The van der Waals surface area contributed by atoms with E-state index in [9.17, 15) is 9.90 Å². The lowest BCUT2D eigenvalue weighted by atomic mass is 9.99. The molecule has 0 spiro atoms. The van der Waals surface area contributed by atoms with Crippen LogP contribution in [0, 0.1) is 27.7 Å². The summed E-state index contributed by atoms with van der Waals surface area (Å²) < 4.78 is 5.50. The lowest BCUT2D eigenvalue weighted by Gasteiger charge is -2.14. The number of aromatic hydroxyl groups is 1. The first-order valence-corrected chi connectivity index (χ1v) is 9.28. The standard InChI is InChI=1S/C12H14ClN3O2.C9H12O/c1-5-8(9(6(2)14)12(15)17)11(13)16-7-3-4-18-10(5)7;1-6-4-5-9(10)8(3)7(6)2/h3-4,14H2,1-2H3,(H2,15,17);4-5,10H,1-3H3/b9-6-;. The van der Waals surface area contributed by atoms with E-state index in [2.05, 4.69) is 4.98 Å². The van der Waals surface area contributed by atoms with Crippen molar-refractivity contribution >= 4 is 23.1 Å². The highest BCUT2D eigenvalue weighted by Gasteiger charge is 2.25. The van der Waals surface area contributed by atoms with E-state index >= 15 is 0 Å². The molecule has 0 unspecified atom stereocenters. The van der Waals surface area contributed by atoms with Crippen LogP contribution in [0.25, 0.3) is 5.57 Å². The minimum atomic E-state index is -0.625. The zero-order valence-corrected chi connectivity index (χ0v) is 17.6. The van der Waals surface area contributed by atoms with E-state index in [4.69, 9.17) is 27.8 Å². The zero-order chi connectivity index (χ0) is 21.2. The second-order valence-electron chi connectivity index (χ2n) is 6.85. The summed E-state index contributed by atoms with van der Waals surface area (Å²) in [6.45, 7) is 9.98. The number of amides is 1. The number of allylic oxidation sites excluding steroid dienone is 1. The van der Waals surface area contributed by atoms with Gasteiger partial charge in [-0.3, -0.25) is 4.79 Å². The third-order valence-electron chi connectivity index (χ3n) is 4.92. The number of nitrogens with zero attached hydrogens (tertiary/aromatic N) is 1. The summed E-state index contributed by atoms with van der Waals surface area (Å²) in [5.41, 5.74) is 17.0. The predicted molar refractivity (Wildman–Crippen MR) is 111 cm³/mol. The molecule has 1 aromatic heterocycles. The number of nitrogens with two attached hydrogens (primary N) is 2. The van der Waals surface area contributed by atoms with Crippen LogP contribution < -0.4 is 16.2 Å². The first-order valence-electron chi connectivity index (χ1n) is 8.90. The van der Waals surface area contributed by atoms with Gasteiger partial charge in [0.1, 0.15) is 16.7 Å². The van der Waals surface area contributed by atoms with Gasteiger partial charge in [0.15, 0.2) is 0 Å². The van der Waals surface area contributed by atoms with Gasteiger partial charge in [0.05, 0.1) is 17.9 Å². The average Bonchev–Trinajstić information content (AvgIpc) is 3.08. The summed E-state index contributed by atoms with van der Waals surface area (Å²) in [7, 11) is 0. The second-order valence-corrected chi connectivity index (χ2v) is 7.21. The molecule has 0 aliphatic carbocycles. The van der Waals surface area contributed by atoms with Crippen LogP contribution in [-0.4, -0.2) is 22.6 Å². The lowest BCUT2D eigenvalue weighted by molar-refractivity contribution is -0.112. The molecule has 6 nitrogen and oxygen atoms in total. The molecule has 3 rings (SSSR count). The van der Waals surface area contributed by atoms with Crippen LogP contribution in [0.2, 0.25) is 5.15 Å². The third-order valence-corrected chi connectivity index (χ3v) is 5.20. The van der Waals surface area contributed by atoms with E-state index in [1.165, 1.54) is 11.1 Å². The number of carbonyl (C=O) groups excluding carboxylic acids is 1. The number of primary amides is 1. The Balaban J connectivity index is 0.000000237. The number of aryl methyl sites for hydroxylation is 1. The Kier molecular flexibility index (Phi) is 6.56. The molecule has 0 radical (unpaired) electrons. The number of carbonyl (C=O) groups is 1. The molecule has 1 amide bonds. The van der Waals surface area contributed by atoms with Crippen molar-refractivity contribution in [1.82, 2.24) is 4.98 Å². The van der Waals surface area contributed by atoms with Crippen LogP contribution >= 0.6 is 11.6 Å². The van der Waals surface area contributed by atoms with Crippen molar-refractivity contribution in [3.05, 3.63) is 56.5 Å². The Hall–Kier alpha value is -2.73. The monoisotopic (exact) mass is 403 g/mol. The number of benzene rings is 1. The van der Waals surface area contributed by atoms with Crippen molar-refractivity contribution in [2.24, 2.45) is 11.5 Å². The van der Waals surface area contributed by atoms with Gasteiger partial charge in [-0.05, 0) is 57.4 Å². The number of aromatic nitrogens is 1. The number of pyridine rings is 1.